The predicted octanol–water partition coefficient (Wildman–Crippen LogP) is 0.862. The molecule has 0 saturated heterocycles. The fraction of sp³-hybridized carbons (Fsp3) is 0.500. The molecule has 0 aliphatic carbocycles. The van der Waals surface area contributed by atoms with Crippen LogP contribution < -0.4 is 11.1 Å². The molecule has 1 aromatic rings. The highest BCUT2D eigenvalue weighted by atomic mass is 35.5. The summed E-state index contributed by atoms with van der Waals surface area (Å²) in [4.78, 5) is 4.02. The molecule has 1 rings (SSSR count). The fourth-order valence-corrected chi connectivity index (χ4v) is 1.46. The molecule has 0 atom stereocenters. The van der Waals surface area contributed by atoms with Gasteiger partial charge in [-0.2, -0.15) is 0 Å². The summed E-state index contributed by atoms with van der Waals surface area (Å²) in [5, 5.41) is 21.8. The van der Waals surface area contributed by atoms with Gasteiger partial charge in [0, 0.05) is 0 Å². The molecule has 5 N–H and O–H groups in total. The average molecular weight is 246 g/mol. The molecule has 0 bridgehead atoms. The number of nitrogens with zero attached hydrogens (tertiary/aromatic N) is 1. The van der Waals surface area contributed by atoms with Crippen LogP contribution in [0.1, 0.15) is 13.3 Å². The first-order chi connectivity index (χ1) is 7.56. The van der Waals surface area contributed by atoms with Crippen molar-refractivity contribution in [2.75, 3.05) is 24.3 Å². The summed E-state index contributed by atoms with van der Waals surface area (Å²) in [6.45, 7) is 1.44. The normalized spacial score (nSPS) is 11.5. The molecule has 0 aliphatic rings. The van der Waals surface area contributed by atoms with Crippen molar-refractivity contribution in [2.24, 2.45) is 0 Å². The van der Waals surface area contributed by atoms with E-state index in [9.17, 15) is 10.2 Å². The molecule has 16 heavy (non-hydrogen) atoms. The maximum Gasteiger partial charge on any atom is 0.145 e. The van der Waals surface area contributed by atoms with Crippen molar-refractivity contribution in [3.8, 4) is 0 Å². The zero-order valence-corrected chi connectivity index (χ0v) is 9.83. The summed E-state index contributed by atoms with van der Waals surface area (Å²) in [5.41, 5.74) is 5.17. The zero-order chi connectivity index (χ0) is 12.2. The minimum absolute atomic E-state index is 0.206. The Morgan fingerprint density at radius 3 is 2.56 bits per heavy atom. The second-order valence-electron chi connectivity index (χ2n) is 3.67. The van der Waals surface area contributed by atoms with Crippen LogP contribution in [-0.2, 0) is 0 Å². The van der Waals surface area contributed by atoms with Gasteiger partial charge in [-0.3, -0.25) is 0 Å². The lowest BCUT2D eigenvalue weighted by Gasteiger charge is -2.30. The van der Waals surface area contributed by atoms with Crippen LogP contribution >= 0.6 is 11.6 Å². The second-order valence-corrected chi connectivity index (χ2v) is 4.08. The van der Waals surface area contributed by atoms with Crippen molar-refractivity contribution >= 4 is 23.1 Å². The van der Waals surface area contributed by atoms with Crippen molar-refractivity contribution in [3.63, 3.8) is 0 Å². The lowest BCUT2D eigenvalue weighted by molar-refractivity contribution is 0.132. The Balaban J connectivity index is 2.93. The lowest BCUT2D eigenvalue weighted by Crippen LogP contribution is -2.45. The van der Waals surface area contributed by atoms with Crippen LogP contribution in [0.5, 0.6) is 0 Å². The van der Waals surface area contributed by atoms with E-state index in [4.69, 9.17) is 17.3 Å². The molecule has 0 fully saturated rings. The minimum Gasteiger partial charge on any atom is -0.397 e. The molecule has 6 heteroatoms. The van der Waals surface area contributed by atoms with E-state index in [1.807, 2.05) is 6.92 Å². The molecule has 5 nitrogen and oxygen atoms in total. The lowest BCUT2D eigenvalue weighted by atomic mass is 9.98. The van der Waals surface area contributed by atoms with Crippen LogP contribution in [0.25, 0.3) is 0 Å². The highest BCUT2D eigenvalue weighted by Crippen LogP contribution is 2.25. The van der Waals surface area contributed by atoms with Crippen molar-refractivity contribution in [3.05, 3.63) is 17.3 Å². The number of nitrogens with two attached hydrogens (primary N) is 1. The van der Waals surface area contributed by atoms with Crippen LogP contribution in [0.4, 0.5) is 11.5 Å². The summed E-state index contributed by atoms with van der Waals surface area (Å²) in [7, 11) is 0. The van der Waals surface area contributed by atoms with Gasteiger partial charge in [-0.15, -0.1) is 0 Å². The van der Waals surface area contributed by atoms with E-state index < -0.39 is 5.54 Å². The molecule has 0 spiro atoms. The van der Waals surface area contributed by atoms with E-state index in [-0.39, 0.29) is 13.2 Å². The smallest absolute Gasteiger partial charge is 0.145 e. The summed E-state index contributed by atoms with van der Waals surface area (Å²) in [6.07, 6.45) is 2.01. The average Bonchev–Trinajstić information content (AvgIpc) is 2.29. The molecular weight excluding hydrogens is 230 g/mol. The first kappa shape index (κ1) is 13.0. The third-order valence-electron chi connectivity index (χ3n) is 2.53. The number of nitrogens with one attached hydrogen (secondary N) is 1. The number of aromatic nitrogens is 1. The van der Waals surface area contributed by atoms with Gasteiger partial charge in [0.2, 0.25) is 0 Å². The maximum absolute atomic E-state index is 9.27. The number of rotatable bonds is 5. The Labute approximate surface area is 99.3 Å². The molecule has 1 aromatic heterocycles. The molecule has 0 unspecified atom stereocenters. The van der Waals surface area contributed by atoms with E-state index in [1.165, 1.54) is 6.20 Å². The Bertz CT molecular complexity index is 348. The topological polar surface area (TPSA) is 91.4 Å². The monoisotopic (exact) mass is 245 g/mol. The molecule has 0 amide bonds. The molecule has 0 aromatic carbocycles. The summed E-state index contributed by atoms with van der Waals surface area (Å²) >= 11 is 5.94. The number of halogens is 1. The van der Waals surface area contributed by atoms with Crippen LogP contribution in [0.3, 0.4) is 0 Å². The number of hydrogen-bond donors (Lipinski definition) is 4. The number of hydrogen-bond acceptors (Lipinski definition) is 5. The summed E-state index contributed by atoms with van der Waals surface area (Å²) in [6, 6.07) is 1.56. The van der Waals surface area contributed by atoms with Gasteiger partial charge in [0.05, 0.1) is 35.7 Å². The van der Waals surface area contributed by atoms with Gasteiger partial charge in [-0.25, -0.2) is 4.98 Å². The van der Waals surface area contributed by atoms with Crippen LogP contribution in [-0.4, -0.2) is 33.9 Å². The van der Waals surface area contributed by atoms with Crippen LogP contribution in [0.15, 0.2) is 12.3 Å². The van der Waals surface area contributed by atoms with E-state index in [0.717, 1.165) is 0 Å². The zero-order valence-electron chi connectivity index (χ0n) is 9.07. The van der Waals surface area contributed by atoms with Crippen molar-refractivity contribution in [1.29, 1.82) is 0 Å². The highest BCUT2D eigenvalue weighted by molar-refractivity contribution is 6.33. The number of aliphatic hydroxyl groups excluding tert-OH is 2. The Morgan fingerprint density at radius 1 is 1.50 bits per heavy atom. The van der Waals surface area contributed by atoms with Gasteiger partial charge in [0.15, 0.2) is 0 Å². The van der Waals surface area contributed by atoms with Crippen LogP contribution in [0.2, 0.25) is 5.02 Å². The third-order valence-corrected chi connectivity index (χ3v) is 2.82. The molecule has 0 saturated carbocycles. The Hall–Kier alpha value is -1.04. The fourth-order valence-electron chi connectivity index (χ4n) is 1.24. The molecular formula is C10H16ClN3O2. The first-order valence-electron chi connectivity index (χ1n) is 4.98. The van der Waals surface area contributed by atoms with E-state index in [2.05, 4.69) is 10.3 Å². The summed E-state index contributed by atoms with van der Waals surface area (Å²) in [5.74, 6) is 0.404. The minimum atomic E-state index is -0.813. The third kappa shape index (κ3) is 2.75. The molecule has 90 valence electrons. The molecule has 0 radical (unpaired) electrons. The molecule has 0 aliphatic heterocycles. The van der Waals surface area contributed by atoms with Crippen molar-refractivity contribution in [2.45, 2.75) is 18.9 Å². The maximum atomic E-state index is 9.27. The van der Waals surface area contributed by atoms with Gasteiger partial charge in [0.25, 0.3) is 0 Å². The van der Waals surface area contributed by atoms with Gasteiger partial charge in [-0.1, -0.05) is 18.5 Å². The van der Waals surface area contributed by atoms with Gasteiger partial charge >= 0.3 is 0 Å². The largest absolute Gasteiger partial charge is 0.397 e. The van der Waals surface area contributed by atoms with Crippen molar-refractivity contribution in [1.82, 2.24) is 4.98 Å². The number of nitrogen functional groups attached to an aromatic ring is 1. The number of aliphatic hydroxyl groups is 2. The second kappa shape index (κ2) is 5.34. The Kier molecular flexibility index (Phi) is 4.35. The molecule has 1 heterocycles. The van der Waals surface area contributed by atoms with Crippen molar-refractivity contribution < 1.29 is 10.2 Å². The summed E-state index contributed by atoms with van der Waals surface area (Å²) < 4.78 is 0. The number of pyridine rings is 1. The van der Waals surface area contributed by atoms with E-state index in [1.54, 1.807) is 6.07 Å². The SMILES string of the molecule is CCC(CO)(CO)Nc1ncc(N)cc1Cl. The first-order valence-corrected chi connectivity index (χ1v) is 5.35. The predicted molar refractivity (Wildman–Crippen MR) is 64.5 cm³/mol. The van der Waals surface area contributed by atoms with Crippen LogP contribution in [0, 0.1) is 0 Å². The van der Waals surface area contributed by atoms with E-state index >= 15 is 0 Å². The quantitative estimate of drug-likeness (QED) is 0.618. The Morgan fingerprint density at radius 2 is 2.12 bits per heavy atom. The van der Waals surface area contributed by atoms with Gasteiger partial charge in [-0.05, 0) is 12.5 Å². The van der Waals surface area contributed by atoms with Gasteiger partial charge in [0.1, 0.15) is 5.82 Å². The van der Waals surface area contributed by atoms with Gasteiger partial charge < -0.3 is 21.3 Å². The van der Waals surface area contributed by atoms with E-state index in [0.29, 0.717) is 22.9 Å². The number of anilines is 2. The standard InChI is InChI=1S/C10H16ClN3O2/c1-2-10(5-15,6-16)14-9-8(11)3-7(12)4-13-9/h3-4,15-16H,2,5-6,12H2,1H3,(H,13,14). The highest BCUT2D eigenvalue weighted by Gasteiger charge is 2.27.